The number of rotatable bonds is 3. The number of hydrogen-bond donors (Lipinski definition) is 0. The summed E-state index contributed by atoms with van der Waals surface area (Å²) in [6.07, 6.45) is 0.287. The van der Waals surface area contributed by atoms with Crippen LogP contribution in [0.1, 0.15) is 37.3 Å². The van der Waals surface area contributed by atoms with Crippen molar-refractivity contribution in [3.8, 4) is 0 Å². The van der Waals surface area contributed by atoms with Gasteiger partial charge in [0.2, 0.25) is 0 Å². The van der Waals surface area contributed by atoms with Crippen molar-refractivity contribution < 1.29 is 14.3 Å². The monoisotopic (exact) mass is 278 g/mol. The van der Waals surface area contributed by atoms with E-state index >= 15 is 0 Å². The van der Waals surface area contributed by atoms with Gasteiger partial charge < -0.3 is 4.74 Å². The summed E-state index contributed by atoms with van der Waals surface area (Å²) in [5.74, 6) is -0.596. The maximum absolute atomic E-state index is 11.9. The van der Waals surface area contributed by atoms with Gasteiger partial charge in [-0.25, -0.2) is 4.79 Å². The number of halogens is 1. The Morgan fingerprint density at radius 2 is 2.05 bits per heavy atom. The highest BCUT2D eigenvalue weighted by Gasteiger charge is 2.34. The average molecular weight is 279 g/mol. The number of ether oxygens (including phenoxy) is 1. The molecular formula is C15H15ClO3. The Kier molecular flexibility index (Phi) is 3.76. The molecule has 2 rings (SSSR count). The molecule has 3 nitrogen and oxygen atoms in total. The number of ketones is 1. The number of carbonyl (C=O) groups excluding carboxylic acids is 2. The van der Waals surface area contributed by atoms with E-state index in [1.54, 1.807) is 6.07 Å². The first-order valence-corrected chi connectivity index (χ1v) is 6.41. The SMILES string of the molecule is COC(=O)C1=C(C)c2ccc(Cl)cc2C1CC(C)=O. The van der Waals surface area contributed by atoms with Crippen molar-refractivity contribution in [1.82, 2.24) is 0 Å². The normalized spacial score (nSPS) is 17.4. The number of carbonyl (C=O) groups is 2. The fraction of sp³-hybridized carbons (Fsp3) is 0.333. The average Bonchev–Trinajstić information content (AvgIpc) is 2.61. The molecule has 0 radical (unpaired) electrons. The molecular weight excluding hydrogens is 264 g/mol. The summed E-state index contributed by atoms with van der Waals surface area (Å²) in [7, 11) is 1.35. The number of benzene rings is 1. The molecule has 100 valence electrons. The molecule has 0 bridgehead atoms. The summed E-state index contributed by atoms with van der Waals surface area (Å²) in [6, 6.07) is 5.49. The lowest BCUT2D eigenvalue weighted by atomic mass is 9.91. The predicted molar refractivity (Wildman–Crippen MR) is 74.1 cm³/mol. The smallest absolute Gasteiger partial charge is 0.334 e. The first kappa shape index (κ1) is 13.8. The Hall–Kier alpha value is -1.61. The van der Waals surface area contributed by atoms with Crippen LogP contribution in [0, 0.1) is 0 Å². The van der Waals surface area contributed by atoms with Crippen molar-refractivity contribution in [3.63, 3.8) is 0 Å². The largest absolute Gasteiger partial charge is 0.466 e. The number of Topliss-reactive ketones (excluding diaryl/α,β-unsaturated/α-hetero) is 1. The van der Waals surface area contributed by atoms with Gasteiger partial charge in [0.15, 0.2) is 0 Å². The van der Waals surface area contributed by atoms with E-state index in [0.717, 1.165) is 16.7 Å². The first-order valence-electron chi connectivity index (χ1n) is 6.04. The molecule has 0 saturated carbocycles. The zero-order chi connectivity index (χ0) is 14.2. The van der Waals surface area contributed by atoms with Crippen LogP contribution in [-0.2, 0) is 14.3 Å². The van der Waals surface area contributed by atoms with Gasteiger partial charge in [-0.1, -0.05) is 17.7 Å². The molecule has 0 aromatic heterocycles. The van der Waals surface area contributed by atoms with Gasteiger partial charge in [-0.15, -0.1) is 0 Å². The minimum atomic E-state index is -0.379. The standard InChI is InChI=1S/C15H15ClO3/c1-8(17)6-13-12-7-10(16)4-5-11(12)9(2)14(13)15(18)19-3/h4-5,7,13H,6H2,1-3H3. The number of hydrogen-bond acceptors (Lipinski definition) is 3. The minimum absolute atomic E-state index is 0.0343. The van der Waals surface area contributed by atoms with Gasteiger partial charge in [0.1, 0.15) is 5.78 Å². The van der Waals surface area contributed by atoms with E-state index in [1.165, 1.54) is 14.0 Å². The molecule has 0 fully saturated rings. The van der Waals surface area contributed by atoms with Gasteiger partial charge in [0, 0.05) is 22.9 Å². The summed E-state index contributed by atoms with van der Waals surface area (Å²) < 4.78 is 4.84. The van der Waals surface area contributed by atoms with Crippen LogP contribution in [0.15, 0.2) is 23.8 Å². The second-order valence-corrected chi connectivity index (χ2v) is 5.16. The molecule has 1 unspecified atom stereocenters. The van der Waals surface area contributed by atoms with Crippen LogP contribution < -0.4 is 0 Å². The van der Waals surface area contributed by atoms with E-state index in [-0.39, 0.29) is 24.1 Å². The number of esters is 1. The molecule has 0 saturated heterocycles. The number of allylic oxidation sites excluding steroid dienone is 1. The van der Waals surface area contributed by atoms with Crippen LogP contribution in [0.5, 0.6) is 0 Å². The summed E-state index contributed by atoms with van der Waals surface area (Å²) in [5.41, 5.74) is 3.33. The fourth-order valence-electron chi connectivity index (χ4n) is 2.63. The molecule has 1 aliphatic rings. The van der Waals surface area contributed by atoms with E-state index in [2.05, 4.69) is 0 Å². The molecule has 1 aliphatic carbocycles. The van der Waals surface area contributed by atoms with Crippen LogP contribution in [0.2, 0.25) is 5.02 Å². The maximum Gasteiger partial charge on any atom is 0.334 e. The molecule has 1 aromatic carbocycles. The fourth-order valence-corrected chi connectivity index (χ4v) is 2.81. The molecule has 1 atom stereocenters. The maximum atomic E-state index is 11.9. The van der Waals surface area contributed by atoms with Crippen LogP contribution in [-0.4, -0.2) is 18.9 Å². The Labute approximate surface area is 117 Å². The van der Waals surface area contributed by atoms with Crippen molar-refractivity contribution >= 4 is 28.9 Å². The van der Waals surface area contributed by atoms with Gasteiger partial charge in [0.05, 0.1) is 7.11 Å². The van der Waals surface area contributed by atoms with Gasteiger partial charge in [-0.3, -0.25) is 4.79 Å². The van der Waals surface area contributed by atoms with Gasteiger partial charge in [-0.2, -0.15) is 0 Å². The van der Waals surface area contributed by atoms with Crippen LogP contribution in [0.4, 0.5) is 0 Å². The number of fused-ring (bicyclic) bond motifs is 1. The molecule has 0 amide bonds. The van der Waals surface area contributed by atoms with Gasteiger partial charge in [0.25, 0.3) is 0 Å². The third-order valence-electron chi connectivity index (χ3n) is 3.44. The van der Waals surface area contributed by atoms with E-state index in [1.807, 2.05) is 19.1 Å². The highest BCUT2D eigenvalue weighted by Crippen LogP contribution is 2.44. The Bertz CT molecular complexity index is 587. The lowest BCUT2D eigenvalue weighted by molar-refractivity contribution is -0.136. The highest BCUT2D eigenvalue weighted by atomic mass is 35.5. The summed E-state index contributed by atoms with van der Waals surface area (Å²) >= 11 is 6.01. The van der Waals surface area contributed by atoms with E-state index < -0.39 is 0 Å². The van der Waals surface area contributed by atoms with Crippen LogP contribution in [0.3, 0.4) is 0 Å². The van der Waals surface area contributed by atoms with Crippen molar-refractivity contribution in [2.75, 3.05) is 7.11 Å². The molecule has 4 heteroatoms. The van der Waals surface area contributed by atoms with Crippen molar-refractivity contribution in [1.29, 1.82) is 0 Å². The van der Waals surface area contributed by atoms with Crippen LogP contribution >= 0.6 is 11.6 Å². The quantitative estimate of drug-likeness (QED) is 0.796. The third-order valence-corrected chi connectivity index (χ3v) is 3.68. The minimum Gasteiger partial charge on any atom is -0.466 e. The molecule has 19 heavy (non-hydrogen) atoms. The summed E-state index contributed by atoms with van der Waals surface area (Å²) in [4.78, 5) is 23.4. The van der Waals surface area contributed by atoms with Gasteiger partial charge >= 0.3 is 5.97 Å². The van der Waals surface area contributed by atoms with Crippen LogP contribution in [0.25, 0.3) is 5.57 Å². The topological polar surface area (TPSA) is 43.4 Å². The molecule has 0 spiro atoms. The number of methoxy groups -OCH3 is 1. The second-order valence-electron chi connectivity index (χ2n) is 4.72. The highest BCUT2D eigenvalue weighted by molar-refractivity contribution is 6.30. The van der Waals surface area contributed by atoms with Crippen molar-refractivity contribution in [2.45, 2.75) is 26.2 Å². The lowest BCUT2D eigenvalue weighted by Crippen LogP contribution is -2.13. The lowest BCUT2D eigenvalue weighted by Gasteiger charge is -2.14. The van der Waals surface area contributed by atoms with E-state index in [9.17, 15) is 9.59 Å². The molecule has 0 heterocycles. The molecule has 0 aliphatic heterocycles. The molecule has 1 aromatic rings. The summed E-state index contributed by atoms with van der Waals surface area (Å²) in [5, 5.41) is 0.603. The Morgan fingerprint density at radius 3 is 2.63 bits per heavy atom. The van der Waals surface area contributed by atoms with Crippen molar-refractivity contribution in [3.05, 3.63) is 39.9 Å². The Morgan fingerprint density at radius 1 is 1.37 bits per heavy atom. The van der Waals surface area contributed by atoms with E-state index in [4.69, 9.17) is 16.3 Å². The second kappa shape index (κ2) is 5.17. The zero-order valence-electron chi connectivity index (χ0n) is 11.1. The zero-order valence-corrected chi connectivity index (χ0v) is 11.9. The molecule has 0 N–H and O–H groups in total. The van der Waals surface area contributed by atoms with Gasteiger partial charge in [-0.05, 0) is 42.7 Å². The van der Waals surface area contributed by atoms with E-state index in [0.29, 0.717) is 10.6 Å². The predicted octanol–water partition coefficient (Wildman–Crippen LogP) is 3.36. The third kappa shape index (κ3) is 2.43. The van der Waals surface area contributed by atoms with Crippen molar-refractivity contribution in [2.24, 2.45) is 0 Å². The Balaban J connectivity index is 2.57. The first-order chi connectivity index (χ1) is 8.95. The summed E-state index contributed by atoms with van der Waals surface area (Å²) in [6.45, 7) is 3.39.